The minimum atomic E-state index is -1.02. The number of aliphatic hydroxyl groups is 1. The number of hydrogen-bond donors (Lipinski definition) is 3. The smallest absolute Gasteiger partial charge is 0.336 e. The van der Waals surface area contributed by atoms with Gasteiger partial charge >= 0.3 is 11.9 Å². The molecule has 1 aromatic carbocycles. The first kappa shape index (κ1) is 14.5. The Morgan fingerprint density at radius 2 is 1.95 bits per heavy atom. The first-order chi connectivity index (χ1) is 9.49. The highest BCUT2D eigenvalue weighted by Crippen LogP contribution is 2.22. The number of likely N-dealkylation sites (tertiary alicyclic amines) is 1. The average Bonchev–Trinajstić information content (AvgIpc) is 2.41. The number of hydrogen-bond acceptors (Lipinski definition) is 4. The molecule has 1 heterocycles. The van der Waals surface area contributed by atoms with Gasteiger partial charge in [-0.1, -0.05) is 18.2 Å². The molecule has 0 bridgehead atoms. The summed E-state index contributed by atoms with van der Waals surface area (Å²) in [5, 5.41) is 27.9. The molecule has 0 saturated carbocycles. The van der Waals surface area contributed by atoms with Crippen molar-refractivity contribution >= 4 is 11.9 Å². The van der Waals surface area contributed by atoms with Gasteiger partial charge in [0.05, 0.1) is 11.7 Å². The Bertz CT molecular complexity index is 516. The van der Waals surface area contributed by atoms with Crippen LogP contribution in [-0.2, 0) is 11.3 Å². The Morgan fingerprint density at radius 3 is 2.60 bits per heavy atom. The molecule has 0 aromatic heterocycles. The summed E-state index contributed by atoms with van der Waals surface area (Å²) in [4.78, 5) is 24.1. The molecule has 1 aliphatic rings. The van der Waals surface area contributed by atoms with Gasteiger partial charge in [-0.2, -0.15) is 0 Å². The maximum atomic E-state index is 11.3. The van der Waals surface area contributed by atoms with Crippen LogP contribution in [0.15, 0.2) is 24.3 Å². The second kappa shape index (κ2) is 6.02. The number of rotatable bonds is 4. The van der Waals surface area contributed by atoms with E-state index in [0.717, 1.165) is 0 Å². The molecule has 6 nitrogen and oxygen atoms in total. The summed E-state index contributed by atoms with van der Waals surface area (Å²) in [6.45, 7) is 0.693. The third kappa shape index (κ3) is 3.15. The standard InChI is InChI=1S/C14H17NO5/c16-10-5-6-15(12(7-10)14(19)20)8-9-3-1-2-4-11(9)13(17)18/h1-4,10,12,16H,5-8H2,(H,17,18)(H,19,20)/t10-,12+/m1/s1. The Kier molecular flexibility index (Phi) is 4.36. The minimum Gasteiger partial charge on any atom is -0.480 e. The Balaban J connectivity index is 2.20. The summed E-state index contributed by atoms with van der Waals surface area (Å²) in [7, 11) is 0. The molecule has 108 valence electrons. The molecule has 2 atom stereocenters. The van der Waals surface area contributed by atoms with E-state index in [1.807, 2.05) is 0 Å². The van der Waals surface area contributed by atoms with Crippen LogP contribution in [-0.4, -0.2) is 50.8 Å². The van der Waals surface area contributed by atoms with Gasteiger partial charge in [-0.05, 0) is 24.5 Å². The predicted molar refractivity (Wildman–Crippen MR) is 70.5 cm³/mol. The van der Waals surface area contributed by atoms with Crippen LogP contribution < -0.4 is 0 Å². The molecule has 0 radical (unpaired) electrons. The van der Waals surface area contributed by atoms with E-state index in [1.54, 1.807) is 23.1 Å². The quantitative estimate of drug-likeness (QED) is 0.754. The molecule has 3 N–H and O–H groups in total. The summed E-state index contributed by atoms with van der Waals surface area (Å²) in [5.41, 5.74) is 0.769. The van der Waals surface area contributed by atoms with E-state index in [1.165, 1.54) is 6.07 Å². The number of benzene rings is 1. The third-order valence-electron chi connectivity index (χ3n) is 3.59. The van der Waals surface area contributed by atoms with Crippen molar-refractivity contribution in [1.82, 2.24) is 4.90 Å². The molecule has 0 aliphatic carbocycles. The molecule has 1 aliphatic heterocycles. The van der Waals surface area contributed by atoms with Crippen LogP contribution in [0.3, 0.4) is 0 Å². The van der Waals surface area contributed by atoms with E-state index in [0.29, 0.717) is 18.5 Å². The van der Waals surface area contributed by atoms with Crippen LogP contribution in [0.4, 0.5) is 0 Å². The fourth-order valence-corrected chi connectivity index (χ4v) is 2.53. The van der Waals surface area contributed by atoms with Crippen molar-refractivity contribution in [1.29, 1.82) is 0 Å². The summed E-state index contributed by atoms with van der Waals surface area (Å²) in [5.74, 6) is -2.01. The largest absolute Gasteiger partial charge is 0.480 e. The zero-order valence-electron chi connectivity index (χ0n) is 10.9. The van der Waals surface area contributed by atoms with Gasteiger partial charge in [-0.15, -0.1) is 0 Å². The van der Waals surface area contributed by atoms with Gasteiger partial charge < -0.3 is 15.3 Å². The molecule has 1 saturated heterocycles. The van der Waals surface area contributed by atoms with Crippen molar-refractivity contribution in [2.45, 2.75) is 31.5 Å². The highest BCUT2D eigenvalue weighted by Gasteiger charge is 2.33. The highest BCUT2D eigenvalue weighted by molar-refractivity contribution is 5.89. The normalized spacial score (nSPS) is 23.4. The molecular weight excluding hydrogens is 262 g/mol. The lowest BCUT2D eigenvalue weighted by molar-refractivity contribution is -0.146. The van der Waals surface area contributed by atoms with Crippen LogP contribution in [0.5, 0.6) is 0 Å². The van der Waals surface area contributed by atoms with Crippen LogP contribution in [0.25, 0.3) is 0 Å². The second-order valence-electron chi connectivity index (χ2n) is 4.97. The number of aliphatic hydroxyl groups excluding tert-OH is 1. The lowest BCUT2D eigenvalue weighted by Gasteiger charge is -2.35. The number of aromatic carboxylic acids is 1. The number of carboxylic acids is 2. The molecule has 1 aromatic rings. The summed E-state index contributed by atoms with van der Waals surface area (Å²) < 4.78 is 0. The van der Waals surface area contributed by atoms with Gasteiger partial charge in [0, 0.05) is 13.1 Å². The van der Waals surface area contributed by atoms with E-state index < -0.39 is 24.1 Å². The average molecular weight is 279 g/mol. The number of aliphatic carboxylic acids is 1. The van der Waals surface area contributed by atoms with Crippen LogP contribution in [0, 0.1) is 0 Å². The van der Waals surface area contributed by atoms with Crippen LogP contribution in [0.2, 0.25) is 0 Å². The van der Waals surface area contributed by atoms with Gasteiger partial charge in [-0.25, -0.2) is 4.79 Å². The fraction of sp³-hybridized carbons (Fsp3) is 0.429. The van der Waals surface area contributed by atoms with E-state index in [-0.39, 0.29) is 18.5 Å². The van der Waals surface area contributed by atoms with Gasteiger partial charge in [0.25, 0.3) is 0 Å². The monoisotopic (exact) mass is 279 g/mol. The number of carbonyl (C=O) groups is 2. The summed E-state index contributed by atoms with van der Waals surface area (Å²) in [6.07, 6.45) is 0.0610. The van der Waals surface area contributed by atoms with E-state index in [2.05, 4.69) is 0 Å². The lowest BCUT2D eigenvalue weighted by atomic mass is 9.97. The fourth-order valence-electron chi connectivity index (χ4n) is 2.53. The van der Waals surface area contributed by atoms with Crippen molar-refractivity contribution < 1.29 is 24.9 Å². The zero-order chi connectivity index (χ0) is 14.7. The first-order valence-electron chi connectivity index (χ1n) is 6.45. The lowest BCUT2D eigenvalue weighted by Crippen LogP contribution is -2.48. The Hall–Kier alpha value is -1.92. The maximum absolute atomic E-state index is 11.3. The predicted octanol–water partition coefficient (Wildman–Crippen LogP) is 0.795. The molecule has 6 heteroatoms. The summed E-state index contributed by atoms with van der Waals surface area (Å²) >= 11 is 0. The van der Waals surface area contributed by atoms with Gasteiger partial charge in [0.15, 0.2) is 0 Å². The zero-order valence-corrected chi connectivity index (χ0v) is 10.9. The molecule has 20 heavy (non-hydrogen) atoms. The second-order valence-corrected chi connectivity index (χ2v) is 4.97. The van der Waals surface area contributed by atoms with E-state index >= 15 is 0 Å². The molecular formula is C14H17NO5. The SMILES string of the molecule is O=C(O)c1ccccc1CN1CC[C@@H](O)C[C@H]1C(=O)O. The molecule has 0 unspecified atom stereocenters. The van der Waals surface area contributed by atoms with Crippen molar-refractivity contribution in [3.05, 3.63) is 35.4 Å². The maximum Gasteiger partial charge on any atom is 0.336 e. The topological polar surface area (TPSA) is 98.1 Å². The molecule has 0 spiro atoms. The molecule has 2 rings (SSSR count). The number of carboxylic acid groups (broad SMARTS) is 2. The van der Waals surface area contributed by atoms with Crippen LogP contribution >= 0.6 is 0 Å². The Morgan fingerprint density at radius 1 is 1.25 bits per heavy atom. The Labute approximate surface area is 116 Å². The molecule has 1 fully saturated rings. The van der Waals surface area contributed by atoms with Crippen LogP contribution in [0.1, 0.15) is 28.8 Å². The number of piperidine rings is 1. The van der Waals surface area contributed by atoms with E-state index in [4.69, 9.17) is 5.11 Å². The molecule has 0 amide bonds. The van der Waals surface area contributed by atoms with Crippen molar-refractivity contribution in [2.75, 3.05) is 6.54 Å². The first-order valence-corrected chi connectivity index (χ1v) is 6.45. The van der Waals surface area contributed by atoms with E-state index in [9.17, 15) is 19.8 Å². The highest BCUT2D eigenvalue weighted by atomic mass is 16.4. The third-order valence-corrected chi connectivity index (χ3v) is 3.59. The summed E-state index contributed by atoms with van der Waals surface area (Å²) in [6, 6.07) is 5.79. The van der Waals surface area contributed by atoms with Crippen molar-refractivity contribution in [3.8, 4) is 0 Å². The minimum absolute atomic E-state index is 0.171. The van der Waals surface area contributed by atoms with Gasteiger partial charge in [0.2, 0.25) is 0 Å². The number of nitrogens with zero attached hydrogens (tertiary/aromatic N) is 1. The van der Waals surface area contributed by atoms with Gasteiger partial charge in [0.1, 0.15) is 6.04 Å². The van der Waals surface area contributed by atoms with Crippen molar-refractivity contribution in [3.63, 3.8) is 0 Å². The van der Waals surface area contributed by atoms with Gasteiger partial charge in [-0.3, -0.25) is 9.69 Å². The van der Waals surface area contributed by atoms with Crippen molar-refractivity contribution in [2.24, 2.45) is 0 Å².